The molecule has 0 saturated heterocycles. The van der Waals surface area contributed by atoms with Crippen molar-refractivity contribution in [1.82, 2.24) is 9.12 Å². The summed E-state index contributed by atoms with van der Waals surface area (Å²) < 4.78 is 2.25. The van der Waals surface area contributed by atoms with E-state index in [0.29, 0.717) is 17.9 Å². The predicted octanol–water partition coefficient (Wildman–Crippen LogP) is -3.04. The van der Waals surface area contributed by atoms with Gasteiger partial charge in [0.25, 0.3) is 0 Å². The molecule has 0 aromatic rings. The van der Waals surface area contributed by atoms with E-state index in [0.717, 1.165) is 19.3 Å². The van der Waals surface area contributed by atoms with E-state index in [4.69, 9.17) is 4.79 Å². The summed E-state index contributed by atoms with van der Waals surface area (Å²) >= 11 is 1.56. The molecule has 0 aliphatic heterocycles. The molecule has 0 aromatic heterocycles. The van der Waals surface area contributed by atoms with Crippen molar-refractivity contribution < 1.29 is 55.1 Å². The van der Waals surface area contributed by atoms with Gasteiger partial charge in [0.2, 0.25) is 6.41 Å². The van der Waals surface area contributed by atoms with E-state index in [-0.39, 0.29) is 35.6 Å². The zero-order valence-electron chi connectivity index (χ0n) is 15.1. The van der Waals surface area contributed by atoms with Crippen LogP contribution < -0.4 is 33.9 Å². The molecular weight excluding hydrogens is 371 g/mol. The van der Waals surface area contributed by atoms with Gasteiger partial charge >= 0.3 is 35.7 Å². The maximum absolute atomic E-state index is 10.7. The summed E-state index contributed by atoms with van der Waals surface area (Å²) in [6, 6.07) is 0.361. The number of carbonyl (C=O) groups is 2. The van der Waals surface area contributed by atoms with Crippen molar-refractivity contribution in [2.75, 3.05) is 0 Å². The average Bonchev–Trinajstić information content (AvgIpc) is 2.37. The Kier molecular flexibility index (Phi) is 14.3. The number of hydrogen-bond acceptors (Lipinski definition) is 2. The molecule has 2 N–H and O–H groups in total. The number of amides is 2. The van der Waals surface area contributed by atoms with E-state index in [9.17, 15) is 4.79 Å². The molecule has 1 aliphatic carbocycles. The molecule has 0 bridgehead atoms. The third-order valence-corrected chi connectivity index (χ3v) is 5.17. The topological polar surface area (TPSA) is 58.2 Å². The summed E-state index contributed by atoms with van der Waals surface area (Å²) in [5, 5.41) is 3.00. The zero-order valence-corrected chi connectivity index (χ0v) is 18.2. The molecule has 1 atom stereocenters. The molecular formula is C16H31Cl2N2O2Ti. The van der Waals surface area contributed by atoms with Crippen LogP contribution in [-0.4, -0.2) is 18.9 Å². The van der Waals surface area contributed by atoms with Gasteiger partial charge in [-0.25, -0.2) is 0 Å². The fourth-order valence-electron chi connectivity index (χ4n) is 4.00. The summed E-state index contributed by atoms with van der Waals surface area (Å²) in [5.74, 6) is 0. The van der Waals surface area contributed by atoms with Crippen molar-refractivity contribution in [2.24, 2.45) is 16.2 Å². The molecule has 1 aliphatic rings. The summed E-state index contributed by atoms with van der Waals surface area (Å²) in [4.78, 5) is 19.7. The Morgan fingerprint density at radius 1 is 1.00 bits per heavy atom. The van der Waals surface area contributed by atoms with Crippen LogP contribution in [0.3, 0.4) is 0 Å². The van der Waals surface area contributed by atoms with E-state index >= 15 is 0 Å². The minimum Gasteiger partial charge on any atom is -1.00 e. The Labute approximate surface area is 166 Å². The largest absolute Gasteiger partial charge is 1.00 e. The third kappa shape index (κ3) is 7.77. The molecule has 4 nitrogen and oxygen atoms in total. The fraction of sp³-hybridized carbons (Fsp3) is 0.875. The number of nitrogens with one attached hydrogen (secondary N) is 2. The molecule has 0 heterocycles. The van der Waals surface area contributed by atoms with E-state index < -0.39 is 0 Å². The second kappa shape index (κ2) is 11.7. The van der Waals surface area contributed by atoms with Crippen molar-refractivity contribution in [3.63, 3.8) is 0 Å². The molecule has 0 spiro atoms. The number of rotatable bonds is 3. The first-order valence-electron chi connectivity index (χ1n) is 7.61. The van der Waals surface area contributed by atoms with Crippen LogP contribution in [0.2, 0.25) is 0 Å². The molecule has 1 saturated carbocycles. The average molecular weight is 402 g/mol. The van der Waals surface area contributed by atoms with Gasteiger partial charge in [-0.2, -0.15) is 0 Å². The van der Waals surface area contributed by atoms with Crippen molar-refractivity contribution in [1.29, 1.82) is 0 Å². The van der Waals surface area contributed by atoms with Crippen LogP contribution in [0.15, 0.2) is 0 Å². The first-order chi connectivity index (χ1) is 9.55. The van der Waals surface area contributed by atoms with Crippen LogP contribution in [0.1, 0.15) is 67.2 Å². The zero-order chi connectivity index (χ0) is 16.7. The van der Waals surface area contributed by atoms with Crippen molar-refractivity contribution in [3.8, 4) is 0 Å². The molecule has 0 aromatic carbocycles. The van der Waals surface area contributed by atoms with E-state index in [1.165, 1.54) is 12.8 Å². The van der Waals surface area contributed by atoms with Gasteiger partial charge < -0.3 is 30.1 Å². The van der Waals surface area contributed by atoms with Crippen LogP contribution in [0, 0.1) is 16.2 Å². The SMILES string of the molecule is CC(C)(C)C1(C(C)(C)C)CCCC(NC=O)C1.O=C[NH][Ti+2].[Cl-].[Cl-]. The van der Waals surface area contributed by atoms with Gasteiger partial charge in [0.15, 0.2) is 0 Å². The molecule has 2 amide bonds. The smallest absolute Gasteiger partial charge is 1.00 e. The summed E-state index contributed by atoms with van der Waals surface area (Å²) in [6.45, 7) is 14.1. The third-order valence-electron chi connectivity index (χ3n) is 4.98. The van der Waals surface area contributed by atoms with Gasteiger partial charge in [-0.15, -0.1) is 0 Å². The fourth-order valence-corrected chi connectivity index (χ4v) is 4.00. The summed E-state index contributed by atoms with van der Waals surface area (Å²) in [6.07, 6.45) is 6.23. The van der Waals surface area contributed by atoms with Gasteiger partial charge in [0.05, 0.1) is 0 Å². The van der Waals surface area contributed by atoms with Gasteiger partial charge in [-0.1, -0.05) is 48.0 Å². The Balaban J connectivity index is -0.000000598. The quantitative estimate of drug-likeness (QED) is 0.390. The number of halogens is 2. The Morgan fingerprint density at radius 3 is 1.74 bits per heavy atom. The van der Waals surface area contributed by atoms with Crippen LogP contribution in [-0.2, 0) is 30.3 Å². The molecule has 1 unspecified atom stereocenters. The van der Waals surface area contributed by atoms with Gasteiger partial charge in [-0.3, -0.25) is 4.79 Å². The molecule has 1 fully saturated rings. The van der Waals surface area contributed by atoms with Crippen molar-refractivity contribution >= 4 is 12.8 Å². The second-order valence-corrected chi connectivity index (χ2v) is 8.37. The molecule has 1 rings (SSSR count). The molecule has 135 valence electrons. The van der Waals surface area contributed by atoms with Gasteiger partial charge in [0.1, 0.15) is 0 Å². The minimum atomic E-state index is 0. The van der Waals surface area contributed by atoms with Crippen LogP contribution in [0.5, 0.6) is 0 Å². The standard InChI is InChI=1S/C15H29NO.CH3NO.2ClH.Ti/c1-13(2,3)15(14(4,5)6)9-7-8-12(10-15)16-11-17;2-1-3;;;/h11-12H,7-10H2,1-6H3,(H,16,17);1H,(H2,2,3);2*1H;/q;;;;+3/p-3. The van der Waals surface area contributed by atoms with E-state index in [1.54, 1.807) is 20.7 Å². The van der Waals surface area contributed by atoms with Gasteiger partial charge in [-0.05, 0) is 35.5 Å². The minimum absolute atomic E-state index is 0. The van der Waals surface area contributed by atoms with Crippen LogP contribution in [0.4, 0.5) is 0 Å². The van der Waals surface area contributed by atoms with Crippen LogP contribution in [0.25, 0.3) is 0 Å². The molecule has 23 heavy (non-hydrogen) atoms. The number of carbonyl (C=O) groups excluding carboxylic acids is 2. The summed E-state index contributed by atoms with van der Waals surface area (Å²) in [5.41, 5.74) is 0.849. The monoisotopic (exact) mass is 401 g/mol. The van der Waals surface area contributed by atoms with Crippen LogP contribution >= 0.6 is 0 Å². The maximum atomic E-state index is 10.7. The summed E-state index contributed by atoms with van der Waals surface area (Å²) in [7, 11) is 0. The Hall–Kier alpha value is 0.234. The second-order valence-electron chi connectivity index (χ2n) is 7.92. The van der Waals surface area contributed by atoms with E-state index in [1.807, 2.05) is 0 Å². The first-order valence-corrected chi connectivity index (χ1v) is 8.39. The Morgan fingerprint density at radius 2 is 1.43 bits per heavy atom. The predicted molar refractivity (Wildman–Crippen MR) is 82.0 cm³/mol. The number of hydrogen-bond donors (Lipinski definition) is 2. The van der Waals surface area contributed by atoms with E-state index in [2.05, 4.69) is 50.7 Å². The first kappa shape index (κ1) is 28.1. The Bertz CT molecular complexity index is 328. The van der Waals surface area contributed by atoms with Gasteiger partial charge in [0, 0.05) is 6.04 Å². The van der Waals surface area contributed by atoms with Crippen molar-refractivity contribution in [2.45, 2.75) is 73.3 Å². The van der Waals surface area contributed by atoms with Crippen molar-refractivity contribution in [3.05, 3.63) is 0 Å². The normalized spacial score (nSPS) is 19.7. The molecule has 0 radical (unpaired) electrons. The maximum Gasteiger partial charge on any atom is -1.00 e. The molecule has 7 heteroatoms.